The van der Waals surface area contributed by atoms with Gasteiger partial charge in [-0.25, -0.2) is 0 Å². The molecule has 0 aromatic rings. The third kappa shape index (κ3) is 66.3. The number of esters is 8. The Morgan fingerprint density at radius 1 is 0.355 bits per heavy atom. The Morgan fingerprint density at radius 2 is 0.617 bits per heavy atom. The van der Waals surface area contributed by atoms with Gasteiger partial charge in [0.1, 0.15) is 60.4 Å². The molecule has 0 aromatic carbocycles. The molecule has 835 valence electrons. The number of hydrogen-bond acceptors (Lipinski definition) is 41. The van der Waals surface area contributed by atoms with Crippen molar-refractivity contribution >= 4 is 91.9 Å². The molecule has 0 aliphatic carbocycles. The average molecular weight is 2140 g/mol. The standard InChI is InChI=1S/C12H25NO3Si.C11H24N2O3Si.C10H21NO3Si.C9H19NO3Si.C9H17NO3.C8H16N2O3.C7H12N2O2.C7H13NO3.2C6H11NO3.C3H8O.4CH4.CH3.V/c1-5-6-13-7-8-15-9-11(13)12(14)16-10-17(2,3)4;1-17(2,3)9-16-11(14)10-8-15-7-6-13(10)5-4-12;1-11-5-6-13-7-9(11)10(12)14-8-15(2,3)4;1-14(2,3)7-13-9(11)8-6-12-5-4-10-8;1-3-4-10-5-6-13-7-8(10)9(11)12-2;1-12-8(11)7-6-13-5-4-10(7)3-2-9;10-7-6-5-11-4-3-9(6)2-1-8-7;1-8-3-4-11-5-6(8)7(9)10-2;1-9-6(8)5-4-10-3-2-7-5;1-7-2-3-10-4-5(7)6(8)9;1-3-4-2;;;;;;/h11H,5-10H2,1-4H3;10H,4-9,12H2,1-3H3;9H,5-8H2,1-4H3;8,10H,4-7H2,1-3H3;8H,3-7H2,1-2H3;7H,2-6,9H2,1H3;6H,1-5H2,(H,8,10);6H,3-5H2,1-2H3;5,7H,2-4H2,1H3;5H,2-4H2,1H3,(H,8,9);3H2,1-2H3;4*1H4;1H3;/q;;;;;;;;;;;;;;;-1;. The van der Waals surface area contributed by atoms with E-state index in [1.54, 1.807) is 19.1 Å². The predicted octanol–water partition coefficient (Wildman–Crippen LogP) is 2.31. The van der Waals surface area contributed by atoms with Crippen molar-refractivity contribution < 1.29 is 162 Å². The minimum Gasteiger partial charge on any atom is -0.480 e. The third-order valence-corrected chi connectivity index (χ3v) is 25.3. The first kappa shape index (κ1) is 147. The number of nitrogens with zero attached hydrogens (tertiary/aromatic N) is 8. The fraction of sp³-hybridized carbons (Fsp3) is 0.882. The van der Waals surface area contributed by atoms with Gasteiger partial charge in [-0.1, -0.05) is 122 Å². The van der Waals surface area contributed by atoms with E-state index in [1.807, 2.05) is 35.7 Å². The Bertz CT molecular complexity index is 3140. The number of nitrogens with one attached hydrogen (secondary N) is 3. The number of fused-ring (bicyclic) bond motifs is 1. The molecule has 141 heavy (non-hydrogen) atoms. The van der Waals surface area contributed by atoms with Crippen molar-refractivity contribution in [1.29, 1.82) is 0 Å². The average Bonchev–Trinajstić information content (AvgIpc) is 0.871. The van der Waals surface area contributed by atoms with Gasteiger partial charge < -0.3 is 130 Å². The number of ether oxygens (including phenoxy) is 19. The first-order chi connectivity index (χ1) is 63.9. The molecule has 0 bridgehead atoms. The largest absolute Gasteiger partial charge is 0.480 e. The molecule has 48 heteroatoms. The SMILES string of the molecule is C.C.C.C.CCCN1CCOCC1C(=O)OC.CCCN1CCOCC1C(=O)OC[Si](C)(C)C.CCOC.CN1CCOCC1C(=O)O.CN1CCOCC1C(=O)OC[Si](C)(C)C.COC(=O)C1COCCN1.COC(=O)C1COCCN1C.COC(=O)C1COCCN1CCN.C[Si](C)(C)COC(=O)C1COCCN1.C[Si](C)(C)COC(=O)C1COCCN1CCN.O=C1NCCN2CCOCC12.[CH3-].[V]. The van der Waals surface area contributed by atoms with Gasteiger partial charge in [0.05, 0.1) is 218 Å². The second-order valence-electron chi connectivity index (χ2n) is 38.1. The first-order valence-electron chi connectivity index (χ1n) is 47.4. The van der Waals surface area contributed by atoms with E-state index in [0.29, 0.717) is 170 Å². The summed E-state index contributed by atoms with van der Waals surface area (Å²) in [5.41, 5.74) is 11.0. The van der Waals surface area contributed by atoms with Crippen molar-refractivity contribution in [2.75, 3.05) is 338 Å². The molecule has 11 saturated heterocycles. The van der Waals surface area contributed by atoms with Gasteiger partial charge >= 0.3 is 53.7 Å². The van der Waals surface area contributed by atoms with Crippen molar-refractivity contribution in [2.24, 2.45) is 11.5 Å². The maximum Gasteiger partial charge on any atom is 0.325 e. The summed E-state index contributed by atoms with van der Waals surface area (Å²) in [6.45, 7) is 58.5. The summed E-state index contributed by atoms with van der Waals surface area (Å²) in [5, 5.41) is 17.4. The Kier molecular flexibility index (Phi) is 87.6. The number of piperazine rings is 1. The van der Waals surface area contributed by atoms with Crippen LogP contribution in [0.2, 0.25) is 78.6 Å². The Balaban J connectivity index is -0.000000357. The number of carbonyl (C=O) groups excluding carboxylic acids is 9. The molecule has 10 atom stereocenters. The van der Waals surface area contributed by atoms with Crippen LogP contribution in [0.15, 0.2) is 0 Å². The summed E-state index contributed by atoms with van der Waals surface area (Å²) in [4.78, 5) is 130. The van der Waals surface area contributed by atoms with E-state index in [2.05, 4.69) is 147 Å². The summed E-state index contributed by atoms with van der Waals surface area (Å²) in [7, 11) is 7.59. The van der Waals surface area contributed by atoms with Gasteiger partial charge in [-0.05, 0) is 54.0 Å². The topological polar surface area (TPSA) is 480 Å². The van der Waals surface area contributed by atoms with Crippen LogP contribution >= 0.6 is 0 Å². The normalized spacial score (nSPS) is 23.4. The number of hydrogen-bond donors (Lipinski definition) is 6. The third-order valence-electron chi connectivity index (χ3n) is 21.3. The fourth-order valence-electron chi connectivity index (χ4n) is 13.3. The van der Waals surface area contributed by atoms with Gasteiger partial charge in [-0.2, -0.15) is 0 Å². The van der Waals surface area contributed by atoms with E-state index in [9.17, 15) is 47.9 Å². The molecule has 1 radical (unpaired) electrons. The molecule has 11 fully saturated rings. The number of morpholine rings is 10. The van der Waals surface area contributed by atoms with Crippen molar-refractivity contribution in [2.45, 2.75) is 202 Å². The van der Waals surface area contributed by atoms with Crippen LogP contribution in [0.1, 0.15) is 63.3 Å². The summed E-state index contributed by atoms with van der Waals surface area (Å²) >= 11 is 0. The number of carboxylic acid groups (broad SMARTS) is 1. The minimum absolute atomic E-state index is 0. The fourth-order valence-corrected chi connectivity index (χ4v) is 15.6. The van der Waals surface area contributed by atoms with E-state index >= 15 is 0 Å². The summed E-state index contributed by atoms with van der Waals surface area (Å²) in [6.07, 6.45) is 4.45. The van der Waals surface area contributed by atoms with Crippen LogP contribution in [0.25, 0.3) is 0 Å². The van der Waals surface area contributed by atoms with Gasteiger partial charge in [0.25, 0.3) is 0 Å². The van der Waals surface area contributed by atoms with Crippen molar-refractivity contribution in [3.63, 3.8) is 0 Å². The van der Waals surface area contributed by atoms with E-state index in [1.165, 1.54) is 28.4 Å². The van der Waals surface area contributed by atoms with E-state index in [-0.39, 0.29) is 164 Å². The molecular weight excluding hydrogens is 1940 g/mol. The van der Waals surface area contributed by atoms with Crippen LogP contribution in [0.3, 0.4) is 0 Å². The molecule has 43 nitrogen and oxygen atoms in total. The monoisotopic (exact) mass is 2140 g/mol. The molecule has 1 amide bonds. The Hall–Kier alpha value is -4.77. The zero-order valence-electron chi connectivity index (χ0n) is 87.6. The molecule has 0 aromatic heterocycles. The molecule has 0 saturated carbocycles. The maximum absolute atomic E-state index is 12.0. The summed E-state index contributed by atoms with van der Waals surface area (Å²) in [5.74, 6) is -2.17. The number of nitrogens with two attached hydrogens (primary N) is 2. The zero-order valence-corrected chi connectivity index (χ0v) is 93.0. The zero-order chi connectivity index (χ0) is 102. The Morgan fingerprint density at radius 3 is 0.894 bits per heavy atom. The van der Waals surface area contributed by atoms with Crippen molar-refractivity contribution in [3.8, 4) is 0 Å². The van der Waals surface area contributed by atoms with Crippen LogP contribution in [0.5, 0.6) is 0 Å². The van der Waals surface area contributed by atoms with Crippen LogP contribution in [0, 0.1) is 7.43 Å². The molecular formula is C93H196N13O30Si4V-. The van der Waals surface area contributed by atoms with Gasteiger partial charge in [0.2, 0.25) is 5.91 Å². The molecule has 11 rings (SSSR count). The predicted molar refractivity (Wildman–Crippen MR) is 553 cm³/mol. The number of amides is 1. The number of carboxylic acids is 1. The van der Waals surface area contributed by atoms with Crippen LogP contribution in [0.4, 0.5) is 0 Å². The van der Waals surface area contributed by atoms with Crippen LogP contribution in [-0.4, -0.2) is 535 Å². The summed E-state index contributed by atoms with van der Waals surface area (Å²) in [6, 6.07) is -2.36. The van der Waals surface area contributed by atoms with E-state index < -0.39 is 44.3 Å². The van der Waals surface area contributed by atoms with Crippen LogP contribution in [-0.2, 0) is 157 Å². The summed E-state index contributed by atoms with van der Waals surface area (Å²) < 4.78 is 96.4. The quantitative estimate of drug-likeness (QED) is 0.0313. The number of aliphatic carboxylic acids is 1. The molecule has 10 unspecified atom stereocenters. The number of carbonyl (C=O) groups is 10. The smallest absolute Gasteiger partial charge is 0.325 e. The maximum atomic E-state index is 12.0. The van der Waals surface area contributed by atoms with Gasteiger partial charge in [-0.15, -0.1) is 0 Å². The van der Waals surface area contributed by atoms with Crippen molar-refractivity contribution in [3.05, 3.63) is 7.43 Å². The minimum atomic E-state index is -1.35. The van der Waals surface area contributed by atoms with Gasteiger partial charge in [0, 0.05) is 137 Å². The molecule has 11 heterocycles. The number of likely N-dealkylation sites (N-methyl/N-ethyl adjacent to an activating group) is 3. The molecule has 11 aliphatic rings. The second kappa shape index (κ2) is 84.1. The second-order valence-corrected chi connectivity index (χ2v) is 59.7. The Labute approximate surface area is 863 Å². The van der Waals surface area contributed by atoms with E-state index in [0.717, 1.165) is 124 Å². The van der Waals surface area contributed by atoms with Gasteiger partial charge in [0.15, 0.2) is 0 Å². The molecule has 8 N–H and O–H groups in total. The van der Waals surface area contributed by atoms with Gasteiger partial charge in [-0.3, -0.25) is 87.1 Å². The number of rotatable bonds is 26. The van der Waals surface area contributed by atoms with Crippen LogP contribution < -0.4 is 27.4 Å². The molecule has 0 spiro atoms. The molecule has 11 aliphatic heterocycles. The first-order valence-corrected chi connectivity index (χ1v) is 62.2. The van der Waals surface area contributed by atoms with Crippen molar-refractivity contribution in [1.82, 2.24) is 55.1 Å². The number of methoxy groups -OCH3 is 5. The van der Waals surface area contributed by atoms with E-state index in [4.69, 9.17) is 87.6 Å².